The van der Waals surface area contributed by atoms with Crippen molar-refractivity contribution in [2.75, 3.05) is 20.1 Å². The summed E-state index contributed by atoms with van der Waals surface area (Å²) in [7, 11) is 1.56. The standard InChI is InChI=1S/C11H20N2O3/c1-11(2,10(15)16)13(3)9(14)8-5-4-6-12-7-8/h8,12H,4-7H2,1-3H3,(H,15,16)/t8-/m1/s1. The highest BCUT2D eigenvalue weighted by atomic mass is 16.4. The summed E-state index contributed by atoms with van der Waals surface area (Å²) >= 11 is 0. The fourth-order valence-electron chi connectivity index (χ4n) is 1.76. The molecule has 0 spiro atoms. The third-order valence-corrected chi connectivity index (χ3v) is 3.34. The third-order valence-electron chi connectivity index (χ3n) is 3.34. The Morgan fingerprint density at radius 2 is 2.06 bits per heavy atom. The maximum Gasteiger partial charge on any atom is 0.329 e. The van der Waals surface area contributed by atoms with Crippen LogP contribution in [-0.4, -0.2) is 47.6 Å². The number of nitrogens with zero attached hydrogens (tertiary/aromatic N) is 1. The van der Waals surface area contributed by atoms with Gasteiger partial charge >= 0.3 is 5.97 Å². The van der Waals surface area contributed by atoms with Gasteiger partial charge in [0, 0.05) is 13.6 Å². The second kappa shape index (κ2) is 4.82. The zero-order chi connectivity index (χ0) is 12.3. The highest BCUT2D eigenvalue weighted by molar-refractivity contribution is 5.87. The van der Waals surface area contributed by atoms with E-state index in [2.05, 4.69) is 5.32 Å². The molecule has 0 aromatic rings. The van der Waals surface area contributed by atoms with E-state index in [1.807, 2.05) is 0 Å². The first-order chi connectivity index (χ1) is 7.37. The van der Waals surface area contributed by atoms with Crippen LogP contribution in [-0.2, 0) is 9.59 Å². The summed E-state index contributed by atoms with van der Waals surface area (Å²) in [6.07, 6.45) is 1.81. The number of hydrogen-bond donors (Lipinski definition) is 2. The fourth-order valence-corrected chi connectivity index (χ4v) is 1.76. The van der Waals surface area contributed by atoms with E-state index in [9.17, 15) is 9.59 Å². The summed E-state index contributed by atoms with van der Waals surface area (Å²) in [6, 6.07) is 0. The van der Waals surface area contributed by atoms with Crippen LogP contribution in [0, 0.1) is 5.92 Å². The number of carbonyl (C=O) groups excluding carboxylic acids is 1. The van der Waals surface area contributed by atoms with E-state index in [-0.39, 0.29) is 11.8 Å². The highest BCUT2D eigenvalue weighted by Gasteiger charge is 2.37. The molecule has 1 aliphatic heterocycles. The summed E-state index contributed by atoms with van der Waals surface area (Å²) < 4.78 is 0. The maximum absolute atomic E-state index is 12.1. The summed E-state index contributed by atoms with van der Waals surface area (Å²) in [6.45, 7) is 4.68. The minimum atomic E-state index is -1.14. The van der Waals surface area contributed by atoms with Crippen molar-refractivity contribution in [2.45, 2.75) is 32.2 Å². The van der Waals surface area contributed by atoms with E-state index in [1.54, 1.807) is 20.9 Å². The summed E-state index contributed by atoms with van der Waals surface area (Å²) in [5.41, 5.74) is -1.14. The van der Waals surface area contributed by atoms with Crippen molar-refractivity contribution < 1.29 is 14.7 Å². The number of carboxylic acid groups (broad SMARTS) is 1. The molecule has 0 aromatic heterocycles. The molecule has 5 nitrogen and oxygen atoms in total. The second-order valence-electron chi connectivity index (χ2n) is 4.80. The van der Waals surface area contributed by atoms with Gasteiger partial charge in [0.25, 0.3) is 0 Å². The lowest BCUT2D eigenvalue weighted by atomic mass is 9.95. The molecule has 0 bridgehead atoms. The number of carboxylic acids is 1. The molecule has 1 heterocycles. The zero-order valence-corrected chi connectivity index (χ0v) is 10.1. The zero-order valence-electron chi connectivity index (χ0n) is 10.1. The quantitative estimate of drug-likeness (QED) is 0.729. The van der Waals surface area contributed by atoms with Crippen molar-refractivity contribution in [2.24, 2.45) is 5.92 Å². The molecule has 1 rings (SSSR count). The Balaban J connectivity index is 2.69. The molecule has 0 radical (unpaired) electrons. The Morgan fingerprint density at radius 1 is 1.44 bits per heavy atom. The molecule has 1 atom stereocenters. The Hall–Kier alpha value is -1.10. The van der Waals surface area contributed by atoms with Crippen LogP contribution in [0.2, 0.25) is 0 Å². The van der Waals surface area contributed by atoms with Crippen molar-refractivity contribution in [3.05, 3.63) is 0 Å². The van der Waals surface area contributed by atoms with Crippen LogP contribution in [0.5, 0.6) is 0 Å². The molecule has 1 aliphatic rings. The van der Waals surface area contributed by atoms with E-state index in [0.29, 0.717) is 6.54 Å². The average Bonchev–Trinajstić information content (AvgIpc) is 2.28. The topological polar surface area (TPSA) is 69.6 Å². The van der Waals surface area contributed by atoms with Crippen molar-refractivity contribution in [1.29, 1.82) is 0 Å². The van der Waals surface area contributed by atoms with Gasteiger partial charge in [-0.05, 0) is 33.2 Å². The molecule has 0 aromatic carbocycles. The van der Waals surface area contributed by atoms with Crippen molar-refractivity contribution in [1.82, 2.24) is 10.2 Å². The molecular weight excluding hydrogens is 208 g/mol. The SMILES string of the molecule is CN(C(=O)[C@@H]1CCCNC1)C(C)(C)C(=O)O. The Bertz CT molecular complexity index is 283. The van der Waals surface area contributed by atoms with Crippen LogP contribution in [0.25, 0.3) is 0 Å². The summed E-state index contributed by atoms with van der Waals surface area (Å²) in [5, 5.41) is 12.2. The molecule has 2 N–H and O–H groups in total. The van der Waals surface area contributed by atoms with Crippen LogP contribution in [0.3, 0.4) is 0 Å². The molecule has 16 heavy (non-hydrogen) atoms. The number of aliphatic carboxylic acids is 1. The van der Waals surface area contributed by atoms with E-state index < -0.39 is 11.5 Å². The van der Waals surface area contributed by atoms with Crippen LogP contribution < -0.4 is 5.32 Å². The van der Waals surface area contributed by atoms with Crippen molar-refractivity contribution in [3.63, 3.8) is 0 Å². The smallest absolute Gasteiger partial charge is 0.329 e. The molecule has 1 fully saturated rings. The predicted octanol–water partition coefficient (Wildman–Crippen LogP) is 0.308. The second-order valence-corrected chi connectivity index (χ2v) is 4.80. The fraction of sp³-hybridized carbons (Fsp3) is 0.818. The van der Waals surface area contributed by atoms with Crippen LogP contribution in [0.4, 0.5) is 0 Å². The van der Waals surface area contributed by atoms with Crippen molar-refractivity contribution >= 4 is 11.9 Å². The van der Waals surface area contributed by atoms with Gasteiger partial charge in [0.1, 0.15) is 5.54 Å². The predicted molar refractivity (Wildman–Crippen MR) is 60.1 cm³/mol. The summed E-state index contributed by atoms with van der Waals surface area (Å²) in [4.78, 5) is 24.5. The number of piperidine rings is 1. The number of nitrogens with one attached hydrogen (secondary N) is 1. The molecule has 0 saturated carbocycles. The first-order valence-electron chi connectivity index (χ1n) is 5.59. The normalized spacial score (nSPS) is 21.6. The molecule has 92 valence electrons. The van der Waals surface area contributed by atoms with Gasteiger partial charge in [-0.25, -0.2) is 4.79 Å². The Labute approximate surface area is 95.8 Å². The van der Waals surface area contributed by atoms with E-state index in [1.165, 1.54) is 4.90 Å². The minimum absolute atomic E-state index is 0.0837. The van der Waals surface area contributed by atoms with E-state index in [4.69, 9.17) is 5.11 Å². The van der Waals surface area contributed by atoms with Crippen molar-refractivity contribution in [3.8, 4) is 0 Å². The number of carbonyl (C=O) groups is 2. The molecule has 0 aliphatic carbocycles. The Kier molecular flexibility index (Phi) is 3.91. The van der Waals surface area contributed by atoms with Gasteiger partial charge in [0.2, 0.25) is 5.91 Å². The third kappa shape index (κ3) is 2.52. The monoisotopic (exact) mass is 228 g/mol. The van der Waals surface area contributed by atoms with Gasteiger partial charge in [-0.3, -0.25) is 4.79 Å². The van der Waals surface area contributed by atoms with Gasteiger partial charge in [0.15, 0.2) is 0 Å². The number of amides is 1. The van der Waals surface area contributed by atoms with Gasteiger partial charge in [0.05, 0.1) is 5.92 Å². The first kappa shape index (κ1) is 13.0. The largest absolute Gasteiger partial charge is 0.480 e. The lowest BCUT2D eigenvalue weighted by molar-refractivity contribution is -0.157. The van der Waals surface area contributed by atoms with Gasteiger partial charge < -0.3 is 15.3 Å². The van der Waals surface area contributed by atoms with Crippen LogP contribution in [0.15, 0.2) is 0 Å². The number of rotatable bonds is 3. The number of likely N-dealkylation sites (N-methyl/N-ethyl adjacent to an activating group) is 1. The molecular formula is C11H20N2O3. The Morgan fingerprint density at radius 3 is 2.50 bits per heavy atom. The first-order valence-corrected chi connectivity index (χ1v) is 5.59. The van der Waals surface area contributed by atoms with E-state index in [0.717, 1.165) is 19.4 Å². The minimum Gasteiger partial charge on any atom is -0.480 e. The van der Waals surface area contributed by atoms with Gasteiger partial charge in [-0.1, -0.05) is 0 Å². The lowest BCUT2D eigenvalue weighted by Gasteiger charge is -2.35. The van der Waals surface area contributed by atoms with Crippen LogP contribution in [0.1, 0.15) is 26.7 Å². The molecule has 1 saturated heterocycles. The number of hydrogen-bond acceptors (Lipinski definition) is 3. The van der Waals surface area contributed by atoms with Crippen LogP contribution >= 0.6 is 0 Å². The van der Waals surface area contributed by atoms with E-state index >= 15 is 0 Å². The molecule has 5 heteroatoms. The average molecular weight is 228 g/mol. The van der Waals surface area contributed by atoms with Gasteiger partial charge in [-0.15, -0.1) is 0 Å². The lowest BCUT2D eigenvalue weighted by Crippen LogP contribution is -2.54. The highest BCUT2D eigenvalue weighted by Crippen LogP contribution is 2.19. The maximum atomic E-state index is 12.1. The van der Waals surface area contributed by atoms with Gasteiger partial charge in [-0.2, -0.15) is 0 Å². The molecule has 1 amide bonds. The molecule has 0 unspecified atom stereocenters. The summed E-state index contributed by atoms with van der Waals surface area (Å²) in [5.74, 6) is -1.15.